The first-order chi connectivity index (χ1) is 16.2. The van der Waals surface area contributed by atoms with Crippen LogP contribution >= 0.6 is 69.6 Å². The lowest BCUT2D eigenvalue weighted by atomic mass is 9.82. The molecule has 0 saturated heterocycles. The van der Waals surface area contributed by atoms with Crippen molar-refractivity contribution in [1.82, 2.24) is 0 Å². The first-order valence-corrected chi connectivity index (χ1v) is 14.7. The molecule has 4 atom stereocenters. The molecule has 1 fully saturated rings. The van der Waals surface area contributed by atoms with Gasteiger partial charge in [0.1, 0.15) is 9.75 Å². The highest BCUT2D eigenvalue weighted by Gasteiger charge is 2.86. The van der Waals surface area contributed by atoms with Crippen molar-refractivity contribution in [2.24, 2.45) is 23.7 Å². The normalized spacial score (nSPS) is 29.4. The molecule has 0 N–H and O–H groups in total. The van der Waals surface area contributed by atoms with Crippen LogP contribution < -0.4 is 0 Å². The summed E-state index contributed by atoms with van der Waals surface area (Å²) < 4.78 is 8.96. The van der Waals surface area contributed by atoms with E-state index in [1.54, 1.807) is 0 Å². The molecule has 2 rings (SSSR count). The van der Waals surface area contributed by atoms with Gasteiger partial charge < -0.3 is 9.47 Å². The van der Waals surface area contributed by atoms with Crippen molar-refractivity contribution in [3.05, 3.63) is 10.1 Å². The van der Waals surface area contributed by atoms with Crippen LogP contribution in [0.4, 0.5) is 0 Å². The van der Waals surface area contributed by atoms with E-state index in [0.29, 0.717) is 24.7 Å². The van der Waals surface area contributed by atoms with E-state index in [1.165, 1.54) is 0 Å². The number of carbonyl (C=O) groups is 2. The van der Waals surface area contributed by atoms with Gasteiger partial charge in [-0.1, -0.05) is 113 Å². The van der Waals surface area contributed by atoms with E-state index in [1.807, 2.05) is 0 Å². The van der Waals surface area contributed by atoms with E-state index >= 15 is 0 Å². The summed E-state index contributed by atoms with van der Waals surface area (Å²) >= 11 is 39.7. The SMILES string of the molecule is CC(C)CCCCCOC(=O)C1C(C(=O)OCCCCCC(C)C)C2(Cl)C(Cl)=C(Cl)C1(Cl)C2(Cl)Cl. The largest absolute Gasteiger partial charge is 0.465 e. The van der Waals surface area contributed by atoms with Crippen LogP contribution in [0.15, 0.2) is 10.1 Å². The van der Waals surface area contributed by atoms with Crippen molar-refractivity contribution in [1.29, 1.82) is 0 Å². The fraction of sp³-hybridized carbons (Fsp3) is 0.840. The maximum Gasteiger partial charge on any atom is 0.312 e. The number of alkyl halides is 4. The summed E-state index contributed by atoms with van der Waals surface area (Å²) in [5.41, 5.74) is 0. The van der Waals surface area contributed by atoms with Crippen molar-refractivity contribution in [3.8, 4) is 0 Å². The molecule has 0 radical (unpaired) electrons. The van der Waals surface area contributed by atoms with Gasteiger partial charge in [-0.15, -0.1) is 23.2 Å². The zero-order valence-corrected chi connectivity index (χ0v) is 25.3. The molecule has 4 unspecified atom stereocenters. The Morgan fingerprint density at radius 3 is 1.34 bits per heavy atom. The van der Waals surface area contributed by atoms with Crippen molar-refractivity contribution in [2.45, 2.75) is 93.1 Å². The molecule has 0 aromatic rings. The minimum Gasteiger partial charge on any atom is -0.465 e. The van der Waals surface area contributed by atoms with Gasteiger partial charge >= 0.3 is 11.9 Å². The molecule has 0 aliphatic heterocycles. The van der Waals surface area contributed by atoms with Gasteiger partial charge in [0.25, 0.3) is 0 Å². The summed E-state index contributed by atoms with van der Waals surface area (Å²) in [7, 11) is 0. The molecule has 2 aliphatic rings. The fourth-order valence-corrected chi connectivity index (χ4v) is 7.69. The summed E-state index contributed by atoms with van der Waals surface area (Å²) in [6, 6.07) is 0. The van der Waals surface area contributed by atoms with E-state index in [2.05, 4.69) is 27.7 Å². The minimum atomic E-state index is -2.04. The molecular formula is C25H36Cl6O4. The van der Waals surface area contributed by atoms with E-state index < -0.39 is 37.9 Å². The molecular weight excluding hydrogens is 577 g/mol. The summed E-state index contributed by atoms with van der Waals surface area (Å²) in [6.45, 7) is 8.98. The molecule has 0 amide bonds. The van der Waals surface area contributed by atoms with E-state index in [-0.39, 0.29) is 23.3 Å². The number of esters is 2. The third-order valence-corrected chi connectivity index (χ3v) is 11.0. The molecule has 1 saturated carbocycles. The van der Waals surface area contributed by atoms with Gasteiger partial charge in [-0.25, -0.2) is 0 Å². The Morgan fingerprint density at radius 2 is 1.03 bits per heavy atom. The lowest BCUT2D eigenvalue weighted by Gasteiger charge is -2.33. The molecule has 35 heavy (non-hydrogen) atoms. The smallest absolute Gasteiger partial charge is 0.312 e. The lowest BCUT2D eigenvalue weighted by molar-refractivity contribution is -0.161. The highest BCUT2D eigenvalue weighted by Crippen LogP contribution is 2.76. The van der Waals surface area contributed by atoms with Gasteiger partial charge in [0.05, 0.1) is 35.1 Å². The molecule has 2 bridgehead atoms. The Hall–Kier alpha value is 0.420. The number of unbranched alkanes of at least 4 members (excludes halogenated alkanes) is 4. The monoisotopic (exact) mass is 610 g/mol. The van der Waals surface area contributed by atoms with E-state index in [4.69, 9.17) is 79.1 Å². The molecule has 202 valence electrons. The van der Waals surface area contributed by atoms with Crippen LogP contribution in [0.1, 0.15) is 79.1 Å². The van der Waals surface area contributed by atoms with Gasteiger partial charge in [0.2, 0.25) is 0 Å². The summed E-state index contributed by atoms with van der Waals surface area (Å²) in [4.78, 5) is 22.6. The van der Waals surface area contributed by atoms with Crippen molar-refractivity contribution in [3.63, 3.8) is 0 Å². The number of ether oxygens (including phenoxy) is 2. The first-order valence-electron chi connectivity index (χ1n) is 12.4. The number of rotatable bonds is 14. The number of allylic oxidation sites excluding steroid dienone is 2. The van der Waals surface area contributed by atoms with Crippen LogP contribution in [0, 0.1) is 23.7 Å². The average Bonchev–Trinajstić information content (AvgIpc) is 2.98. The van der Waals surface area contributed by atoms with Crippen LogP contribution in [-0.4, -0.2) is 39.2 Å². The van der Waals surface area contributed by atoms with Gasteiger partial charge in [-0.3, -0.25) is 9.59 Å². The highest BCUT2D eigenvalue weighted by atomic mass is 35.5. The third-order valence-electron chi connectivity index (χ3n) is 6.78. The van der Waals surface area contributed by atoms with Crippen LogP contribution in [0.5, 0.6) is 0 Å². The fourth-order valence-electron chi connectivity index (χ4n) is 4.77. The van der Waals surface area contributed by atoms with Gasteiger partial charge in [-0.05, 0) is 24.7 Å². The van der Waals surface area contributed by atoms with Crippen molar-refractivity contribution >= 4 is 81.5 Å². The van der Waals surface area contributed by atoms with Crippen LogP contribution in [0.3, 0.4) is 0 Å². The second kappa shape index (κ2) is 13.0. The van der Waals surface area contributed by atoms with E-state index in [0.717, 1.165) is 38.5 Å². The van der Waals surface area contributed by atoms with Crippen LogP contribution in [0.25, 0.3) is 0 Å². The summed E-state index contributed by atoms with van der Waals surface area (Å²) in [5, 5.41) is -0.310. The number of carbonyl (C=O) groups excluding carboxylic acids is 2. The van der Waals surface area contributed by atoms with Crippen molar-refractivity contribution < 1.29 is 19.1 Å². The van der Waals surface area contributed by atoms with Gasteiger partial charge in [0.15, 0.2) is 4.33 Å². The second-order valence-corrected chi connectivity index (χ2v) is 13.7. The third kappa shape index (κ3) is 6.19. The molecule has 10 heteroatoms. The highest BCUT2D eigenvalue weighted by molar-refractivity contribution is 6.66. The minimum absolute atomic E-state index is 0.155. The Kier molecular flexibility index (Phi) is 11.7. The first kappa shape index (κ1) is 31.6. The predicted molar refractivity (Wildman–Crippen MR) is 146 cm³/mol. The Morgan fingerprint density at radius 1 is 0.686 bits per heavy atom. The lowest BCUT2D eigenvalue weighted by Crippen LogP contribution is -2.46. The molecule has 0 spiro atoms. The Balaban J connectivity index is 2.13. The molecule has 4 nitrogen and oxygen atoms in total. The second-order valence-electron chi connectivity index (χ2n) is 10.4. The molecule has 2 aliphatic carbocycles. The average molecular weight is 613 g/mol. The summed E-state index contributed by atoms with van der Waals surface area (Å²) in [5.74, 6) is -2.98. The molecule has 0 heterocycles. The maximum absolute atomic E-state index is 13.2. The zero-order valence-electron chi connectivity index (χ0n) is 20.8. The quantitative estimate of drug-likeness (QED) is 0.112. The number of hydrogen-bond acceptors (Lipinski definition) is 4. The Bertz CT molecular complexity index is 737. The number of fused-ring (bicyclic) bond motifs is 2. The van der Waals surface area contributed by atoms with Gasteiger partial charge in [0, 0.05) is 0 Å². The predicted octanol–water partition coefficient (Wildman–Crippen LogP) is 8.58. The van der Waals surface area contributed by atoms with E-state index in [9.17, 15) is 9.59 Å². The summed E-state index contributed by atoms with van der Waals surface area (Å²) in [6.07, 6.45) is 7.43. The van der Waals surface area contributed by atoms with Crippen LogP contribution in [0.2, 0.25) is 0 Å². The van der Waals surface area contributed by atoms with Gasteiger partial charge in [-0.2, -0.15) is 0 Å². The molecule has 0 aromatic carbocycles. The Labute approximate surface area is 239 Å². The number of halogens is 6. The number of hydrogen-bond donors (Lipinski definition) is 0. The standard InChI is InChI=1S/C25H36Cl6O4/c1-15(2)11-7-5-9-13-34-21(32)17-18(22(33)35-14-10-6-8-12-16(3)4)24(29)20(27)19(26)23(17,28)25(24,30)31/h15-18H,5-14H2,1-4H3. The van der Waals surface area contributed by atoms with Crippen molar-refractivity contribution in [2.75, 3.05) is 13.2 Å². The zero-order chi connectivity index (χ0) is 26.6. The topological polar surface area (TPSA) is 52.6 Å². The maximum atomic E-state index is 13.2. The van der Waals surface area contributed by atoms with Crippen LogP contribution in [-0.2, 0) is 19.1 Å². The molecule has 0 aromatic heterocycles.